The number of hydrogen-bond donors (Lipinski definition) is 2. The van der Waals surface area contributed by atoms with E-state index in [1.807, 2.05) is 20.8 Å². The summed E-state index contributed by atoms with van der Waals surface area (Å²) in [6.45, 7) is 10.7. The molecule has 0 aliphatic heterocycles. The van der Waals surface area contributed by atoms with Crippen molar-refractivity contribution in [3.8, 4) is 0 Å². The van der Waals surface area contributed by atoms with Crippen LogP contribution in [0.2, 0.25) is 0 Å². The molecular weight excluding hydrogens is 404 g/mol. The van der Waals surface area contributed by atoms with Gasteiger partial charge in [0.1, 0.15) is 5.60 Å². The predicted octanol–water partition coefficient (Wildman–Crippen LogP) is 6.51. The molecule has 6 heteroatoms. The molecule has 1 unspecified atom stereocenters. The summed E-state index contributed by atoms with van der Waals surface area (Å²) >= 11 is 0. The number of unbranched alkanes of at least 4 members (excludes halogenated alkanes) is 12. The van der Waals surface area contributed by atoms with Gasteiger partial charge in [0.25, 0.3) is 0 Å². The number of amides is 1. The Morgan fingerprint density at radius 1 is 0.781 bits per heavy atom. The highest BCUT2D eigenvalue weighted by molar-refractivity contribution is 5.71. The third-order valence-electron chi connectivity index (χ3n) is 5.34. The maximum atomic E-state index is 12.1. The Labute approximate surface area is 198 Å². The fraction of sp³-hybridized carbons (Fsp3) is 0.923. The van der Waals surface area contributed by atoms with Crippen LogP contribution in [-0.2, 0) is 14.3 Å². The van der Waals surface area contributed by atoms with Crippen LogP contribution >= 0.6 is 0 Å². The van der Waals surface area contributed by atoms with E-state index in [1.54, 1.807) is 6.92 Å². The average molecular weight is 457 g/mol. The van der Waals surface area contributed by atoms with Gasteiger partial charge in [-0.25, -0.2) is 4.79 Å². The second-order valence-electron chi connectivity index (χ2n) is 9.81. The molecule has 0 aliphatic rings. The zero-order valence-electron chi connectivity index (χ0n) is 21.7. The van der Waals surface area contributed by atoms with Gasteiger partial charge in [-0.05, 0) is 34.1 Å². The van der Waals surface area contributed by atoms with Crippen LogP contribution in [0.3, 0.4) is 0 Å². The van der Waals surface area contributed by atoms with Gasteiger partial charge in [-0.15, -0.1) is 0 Å². The van der Waals surface area contributed by atoms with E-state index < -0.39 is 11.7 Å². The third kappa shape index (κ3) is 21.9. The van der Waals surface area contributed by atoms with Crippen LogP contribution in [0, 0.1) is 0 Å². The van der Waals surface area contributed by atoms with Gasteiger partial charge < -0.3 is 20.1 Å². The highest BCUT2D eigenvalue weighted by Gasteiger charge is 2.19. The number of alkyl carbamates (subject to hydrolysis) is 1. The number of ether oxygens (including phenoxy) is 2. The molecule has 0 aromatic heterocycles. The first kappa shape index (κ1) is 30.7. The highest BCUT2D eigenvalue weighted by atomic mass is 16.6. The fourth-order valence-corrected chi connectivity index (χ4v) is 3.67. The molecule has 0 spiro atoms. The molecule has 0 aromatic rings. The van der Waals surface area contributed by atoms with Crippen LogP contribution in [0.1, 0.15) is 125 Å². The van der Waals surface area contributed by atoms with Crippen molar-refractivity contribution in [2.24, 2.45) is 0 Å². The number of carbonyl (C=O) groups is 2. The van der Waals surface area contributed by atoms with E-state index in [-0.39, 0.29) is 18.6 Å². The molecule has 2 N–H and O–H groups in total. The third-order valence-corrected chi connectivity index (χ3v) is 5.34. The molecule has 1 amide bonds. The van der Waals surface area contributed by atoms with E-state index in [2.05, 4.69) is 17.6 Å². The fourth-order valence-electron chi connectivity index (χ4n) is 3.67. The van der Waals surface area contributed by atoms with Crippen molar-refractivity contribution in [1.82, 2.24) is 10.6 Å². The van der Waals surface area contributed by atoms with Crippen molar-refractivity contribution in [3.63, 3.8) is 0 Å². The monoisotopic (exact) mass is 456 g/mol. The van der Waals surface area contributed by atoms with Gasteiger partial charge in [-0.1, -0.05) is 90.4 Å². The largest absolute Gasteiger partial charge is 0.465 e. The highest BCUT2D eigenvalue weighted by Crippen LogP contribution is 2.14. The molecule has 0 aliphatic carbocycles. The zero-order valence-corrected chi connectivity index (χ0v) is 21.7. The SMILES string of the molecule is CCCCCCCCCCCCCCCC(CNCC(=O)OCC)NC(=O)OC(C)(C)C. The number of rotatable bonds is 20. The topological polar surface area (TPSA) is 76.7 Å². The Hall–Kier alpha value is -1.30. The molecule has 0 saturated heterocycles. The Morgan fingerprint density at radius 2 is 1.28 bits per heavy atom. The summed E-state index contributed by atoms with van der Waals surface area (Å²) in [7, 11) is 0. The molecule has 0 saturated carbocycles. The summed E-state index contributed by atoms with van der Waals surface area (Å²) in [5.74, 6) is -0.274. The van der Waals surface area contributed by atoms with Crippen LogP contribution in [0.25, 0.3) is 0 Å². The second-order valence-corrected chi connectivity index (χ2v) is 9.81. The van der Waals surface area contributed by atoms with Crippen LogP contribution in [-0.4, -0.2) is 43.4 Å². The molecule has 0 bridgehead atoms. The lowest BCUT2D eigenvalue weighted by atomic mass is 10.0. The quantitative estimate of drug-likeness (QED) is 0.161. The second kappa shape index (κ2) is 20.3. The van der Waals surface area contributed by atoms with Crippen molar-refractivity contribution in [1.29, 1.82) is 0 Å². The average Bonchev–Trinajstić information content (AvgIpc) is 2.70. The number of carbonyl (C=O) groups excluding carboxylic acids is 2. The van der Waals surface area contributed by atoms with Crippen molar-refractivity contribution < 1.29 is 19.1 Å². The standard InChI is InChI=1S/C26H52N2O4/c1-6-8-9-10-11-12-13-14-15-16-17-18-19-20-23(21-27-22-24(29)31-7-2)28-25(30)32-26(3,4)5/h23,27H,6-22H2,1-5H3,(H,28,30). The molecule has 0 heterocycles. The molecule has 1 atom stereocenters. The summed E-state index contributed by atoms with van der Waals surface area (Å²) in [4.78, 5) is 23.7. The van der Waals surface area contributed by atoms with E-state index in [4.69, 9.17) is 9.47 Å². The molecule has 190 valence electrons. The Balaban J connectivity index is 3.97. The van der Waals surface area contributed by atoms with Crippen LogP contribution in [0.5, 0.6) is 0 Å². The molecule has 6 nitrogen and oxygen atoms in total. The van der Waals surface area contributed by atoms with Crippen LogP contribution < -0.4 is 10.6 Å². The smallest absolute Gasteiger partial charge is 0.407 e. The zero-order chi connectivity index (χ0) is 24.1. The predicted molar refractivity (Wildman–Crippen MR) is 133 cm³/mol. The summed E-state index contributed by atoms with van der Waals surface area (Å²) in [5, 5.41) is 6.04. The van der Waals surface area contributed by atoms with Gasteiger partial charge in [0.2, 0.25) is 0 Å². The molecule has 32 heavy (non-hydrogen) atoms. The van der Waals surface area contributed by atoms with E-state index in [0.717, 1.165) is 12.8 Å². The Morgan fingerprint density at radius 3 is 1.75 bits per heavy atom. The maximum absolute atomic E-state index is 12.1. The van der Waals surface area contributed by atoms with E-state index in [0.29, 0.717) is 13.2 Å². The van der Waals surface area contributed by atoms with Gasteiger partial charge in [0.05, 0.1) is 13.2 Å². The number of hydrogen-bond acceptors (Lipinski definition) is 5. The van der Waals surface area contributed by atoms with Crippen LogP contribution in [0.4, 0.5) is 4.79 Å². The van der Waals surface area contributed by atoms with Crippen molar-refractivity contribution in [2.75, 3.05) is 19.7 Å². The lowest BCUT2D eigenvalue weighted by molar-refractivity contribution is -0.142. The number of esters is 1. The van der Waals surface area contributed by atoms with E-state index >= 15 is 0 Å². The summed E-state index contributed by atoms with van der Waals surface area (Å²) < 4.78 is 10.3. The van der Waals surface area contributed by atoms with Gasteiger partial charge >= 0.3 is 12.1 Å². The normalized spacial score (nSPS) is 12.4. The number of nitrogens with one attached hydrogen (secondary N) is 2. The minimum Gasteiger partial charge on any atom is -0.465 e. The van der Waals surface area contributed by atoms with Crippen LogP contribution in [0.15, 0.2) is 0 Å². The van der Waals surface area contributed by atoms with Gasteiger partial charge in [-0.2, -0.15) is 0 Å². The maximum Gasteiger partial charge on any atom is 0.407 e. The van der Waals surface area contributed by atoms with Gasteiger partial charge in [0, 0.05) is 12.6 Å². The Bertz CT molecular complexity index is 463. The van der Waals surface area contributed by atoms with Crippen molar-refractivity contribution in [3.05, 3.63) is 0 Å². The van der Waals surface area contributed by atoms with Gasteiger partial charge in [0.15, 0.2) is 0 Å². The molecule has 0 aromatic carbocycles. The lowest BCUT2D eigenvalue weighted by Crippen LogP contribution is -2.45. The molecular formula is C26H52N2O4. The first-order chi connectivity index (χ1) is 15.3. The minimum atomic E-state index is -0.525. The molecule has 0 radical (unpaired) electrons. The summed E-state index contributed by atoms with van der Waals surface area (Å²) in [6.07, 6.45) is 17.6. The van der Waals surface area contributed by atoms with Crippen molar-refractivity contribution in [2.45, 2.75) is 136 Å². The summed E-state index contributed by atoms with van der Waals surface area (Å²) in [6, 6.07) is -0.0630. The first-order valence-corrected chi connectivity index (χ1v) is 13.1. The summed E-state index contributed by atoms with van der Waals surface area (Å²) in [5.41, 5.74) is -0.525. The van der Waals surface area contributed by atoms with E-state index in [9.17, 15) is 9.59 Å². The lowest BCUT2D eigenvalue weighted by Gasteiger charge is -2.24. The first-order valence-electron chi connectivity index (χ1n) is 13.1. The Kier molecular flexibility index (Phi) is 19.5. The van der Waals surface area contributed by atoms with Gasteiger partial charge in [-0.3, -0.25) is 4.79 Å². The van der Waals surface area contributed by atoms with Crippen molar-refractivity contribution >= 4 is 12.1 Å². The molecule has 0 fully saturated rings. The van der Waals surface area contributed by atoms with E-state index in [1.165, 1.54) is 77.0 Å². The minimum absolute atomic E-state index is 0.0630. The molecule has 0 rings (SSSR count).